The Balaban J connectivity index is 2.18. The zero-order valence-electron chi connectivity index (χ0n) is 12.8. The second kappa shape index (κ2) is 5.09. The standard InChI is InChI=1S/C14H23N3O3/c1-9-7-16(13(19)20-14(3,4)5)8-11-6-15-12(10(2)18)17(9)11/h6,9-10,18H,7-8H2,1-5H3/t9-,10?/m0/s1. The number of ether oxygens (including phenoxy) is 1. The third-order valence-corrected chi connectivity index (χ3v) is 3.21. The minimum Gasteiger partial charge on any atom is -0.444 e. The van der Waals surface area contributed by atoms with Gasteiger partial charge in [0.25, 0.3) is 0 Å². The molecule has 0 radical (unpaired) electrons. The van der Waals surface area contributed by atoms with Gasteiger partial charge in [0.15, 0.2) is 0 Å². The van der Waals surface area contributed by atoms with Crippen molar-refractivity contribution in [3.63, 3.8) is 0 Å². The van der Waals surface area contributed by atoms with Gasteiger partial charge in [-0.2, -0.15) is 0 Å². The highest BCUT2D eigenvalue weighted by atomic mass is 16.6. The lowest BCUT2D eigenvalue weighted by Crippen LogP contribution is -2.43. The largest absolute Gasteiger partial charge is 0.444 e. The van der Waals surface area contributed by atoms with Gasteiger partial charge in [-0.25, -0.2) is 9.78 Å². The maximum absolute atomic E-state index is 12.1. The fourth-order valence-electron chi connectivity index (χ4n) is 2.47. The number of carbonyl (C=O) groups excluding carboxylic acids is 1. The quantitative estimate of drug-likeness (QED) is 0.857. The maximum Gasteiger partial charge on any atom is 0.410 e. The molecule has 0 aliphatic carbocycles. The predicted octanol–water partition coefficient (Wildman–Crippen LogP) is 2.25. The third kappa shape index (κ3) is 2.95. The van der Waals surface area contributed by atoms with E-state index in [-0.39, 0.29) is 12.1 Å². The molecule has 20 heavy (non-hydrogen) atoms. The van der Waals surface area contributed by atoms with Gasteiger partial charge in [-0.1, -0.05) is 0 Å². The Hall–Kier alpha value is -1.56. The van der Waals surface area contributed by atoms with Crippen molar-refractivity contribution >= 4 is 6.09 Å². The summed E-state index contributed by atoms with van der Waals surface area (Å²) >= 11 is 0. The first-order chi connectivity index (χ1) is 9.19. The van der Waals surface area contributed by atoms with Crippen molar-refractivity contribution in [3.05, 3.63) is 17.7 Å². The van der Waals surface area contributed by atoms with Crippen molar-refractivity contribution in [3.8, 4) is 0 Å². The van der Waals surface area contributed by atoms with E-state index in [1.807, 2.05) is 32.3 Å². The van der Waals surface area contributed by atoms with Crippen LogP contribution >= 0.6 is 0 Å². The van der Waals surface area contributed by atoms with Crippen molar-refractivity contribution in [2.75, 3.05) is 6.54 Å². The maximum atomic E-state index is 12.1. The molecule has 0 aromatic carbocycles. The molecule has 1 amide bonds. The zero-order valence-corrected chi connectivity index (χ0v) is 12.8. The van der Waals surface area contributed by atoms with Crippen LogP contribution in [0.25, 0.3) is 0 Å². The molecule has 0 saturated carbocycles. The molecule has 2 atom stereocenters. The van der Waals surface area contributed by atoms with Crippen LogP contribution in [0.1, 0.15) is 58.3 Å². The topological polar surface area (TPSA) is 67.6 Å². The second-order valence-corrected chi connectivity index (χ2v) is 6.36. The number of imidazole rings is 1. The van der Waals surface area contributed by atoms with Crippen molar-refractivity contribution in [1.82, 2.24) is 14.5 Å². The molecular weight excluding hydrogens is 258 g/mol. The first-order valence-corrected chi connectivity index (χ1v) is 6.91. The van der Waals surface area contributed by atoms with Gasteiger partial charge in [0, 0.05) is 6.54 Å². The van der Waals surface area contributed by atoms with E-state index in [4.69, 9.17) is 4.74 Å². The number of aromatic nitrogens is 2. The van der Waals surface area contributed by atoms with Crippen LogP contribution in [0.4, 0.5) is 4.79 Å². The number of nitrogens with zero attached hydrogens (tertiary/aromatic N) is 3. The van der Waals surface area contributed by atoms with E-state index in [2.05, 4.69) is 4.98 Å². The summed E-state index contributed by atoms with van der Waals surface area (Å²) in [6.45, 7) is 10.3. The molecule has 1 aromatic heterocycles. The molecule has 112 valence electrons. The van der Waals surface area contributed by atoms with Gasteiger partial charge in [-0.05, 0) is 34.6 Å². The number of rotatable bonds is 1. The minimum absolute atomic E-state index is 0.0679. The normalized spacial score (nSPS) is 20.5. The zero-order chi connectivity index (χ0) is 15.1. The van der Waals surface area contributed by atoms with Crippen molar-refractivity contribution in [2.45, 2.75) is 58.9 Å². The SMILES string of the molecule is CC(O)c1ncc2n1[C@@H](C)CN(C(=O)OC(C)(C)C)C2. The van der Waals surface area contributed by atoms with Gasteiger partial charge >= 0.3 is 6.09 Å². The summed E-state index contributed by atoms with van der Waals surface area (Å²) in [4.78, 5) is 18.1. The first-order valence-electron chi connectivity index (χ1n) is 6.91. The van der Waals surface area contributed by atoms with Gasteiger partial charge in [0.2, 0.25) is 0 Å². The summed E-state index contributed by atoms with van der Waals surface area (Å²) in [5.74, 6) is 0.649. The van der Waals surface area contributed by atoms with Crippen LogP contribution in [0.2, 0.25) is 0 Å². The highest BCUT2D eigenvalue weighted by Crippen LogP contribution is 2.26. The molecule has 1 unspecified atom stereocenters. The number of aliphatic hydroxyl groups is 1. The highest BCUT2D eigenvalue weighted by molar-refractivity contribution is 5.68. The Morgan fingerprint density at radius 2 is 2.20 bits per heavy atom. The van der Waals surface area contributed by atoms with E-state index in [1.165, 1.54) is 0 Å². The summed E-state index contributed by atoms with van der Waals surface area (Å²) < 4.78 is 7.41. The molecule has 2 rings (SSSR count). The van der Waals surface area contributed by atoms with Crippen LogP contribution in [0, 0.1) is 0 Å². The molecule has 1 aliphatic rings. The van der Waals surface area contributed by atoms with E-state index in [1.54, 1.807) is 18.0 Å². The Labute approximate surface area is 119 Å². The molecule has 0 spiro atoms. The number of fused-ring (bicyclic) bond motifs is 1. The summed E-state index contributed by atoms with van der Waals surface area (Å²) in [6.07, 6.45) is 0.796. The monoisotopic (exact) mass is 281 g/mol. The van der Waals surface area contributed by atoms with Crippen LogP contribution in [-0.2, 0) is 11.3 Å². The van der Waals surface area contributed by atoms with E-state index >= 15 is 0 Å². The van der Waals surface area contributed by atoms with Crippen LogP contribution in [-0.4, -0.2) is 37.8 Å². The van der Waals surface area contributed by atoms with Crippen molar-refractivity contribution < 1.29 is 14.6 Å². The van der Waals surface area contributed by atoms with Gasteiger partial charge < -0.3 is 19.3 Å². The van der Waals surface area contributed by atoms with Crippen LogP contribution < -0.4 is 0 Å². The van der Waals surface area contributed by atoms with E-state index < -0.39 is 11.7 Å². The fourth-order valence-corrected chi connectivity index (χ4v) is 2.47. The van der Waals surface area contributed by atoms with E-state index in [0.29, 0.717) is 18.9 Å². The van der Waals surface area contributed by atoms with Crippen LogP contribution in [0.5, 0.6) is 0 Å². The van der Waals surface area contributed by atoms with Gasteiger partial charge in [-0.3, -0.25) is 0 Å². The number of hydrogen-bond acceptors (Lipinski definition) is 4. The average molecular weight is 281 g/mol. The number of amides is 1. The molecule has 2 heterocycles. The Morgan fingerprint density at radius 3 is 2.75 bits per heavy atom. The molecule has 0 saturated heterocycles. The fraction of sp³-hybridized carbons (Fsp3) is 0.714. The van der Waals surface area contributed by atoms with Gasteiger partial charge in [-0.15, -0.1) is 0 Å². The highest BCUT2D eigenvalue weighted by Gasteiger charge is 2.31. The predicted molar refractivity (Wildman–Crippen MR) is 74.2 cm³/mol. The summed E-state index contributed by atoms with van der Waals surface area (Å²) in [5.41, 5.74) is 0.425. The number of carbonyl (C=O) groups is 1. The minimum atomic E-state index is -0.612. The lowest BCUT2D eigenvalue weighted by molar-refractivity contribution is 0.0169. The first kappa shape index (κ1) is 14.8. The Bertz CT molecular complexity index is 502. The summed E-state index contributed by atoms with van der Waals surface area (Å²) in [5, 5.41) is 9.73. The molecule has 0 bridgehead atoms. The van der Waals surface area contributed by atoms with Crippen LogP contribution in [0.15, 0.2) is 6.20 Å². The molecule has 1 N–H and O–H groups in total. The molecular formula is C14H23N3O3. The van der Waals surface area contributed by atoms with Crippen LogP contribution in [0.3, 0.4) is 0 Å². The lowest BCUT2D eigenvalue weighted by Gasteiger charge is -2.35. The van der Waals surface area contributed by atoms with Crippen molar-refractivity contribution in [1.29, 1.82) is 0 Å². The van der Waals surface area contributed by atoms with Gasteiger partial charge in [0.05, 0.1) is 24.5 Å². The van der Waals surface area contributed by atoms with E-state index in [0.717, 1.165) is 5.69 Å². The average Bonchev–Trinajstić information content (AvgIpc) is 2.70. The molecule has 0 fully saturated rings. The summed E-state index contributed by atoms with van der Waals surface area (Å²) in [6, 6.07) is 0.0679. The van der Waals surface area contributed by atoms with Gasteiger partial charge in [0.1, 0.15) is 17.5 Å². The second-order valence-electron chi connectivity index (χ2n) is 6.36. The van der Waals surface area contributed by atoms with Crippen molar-refractivity contribution in [2.24, 2.45) is 0 Å². The summed E-state index contributed by atoms with van der Waals surface area (Å²) in [7, 11) is 0. The molecule has 6 heteroatoms. The number of hydrogen-bond donors (Lipinski definition) is 1. The Morgan fingerprint density at radius 1 is 1.55 bits per heavy atom. The lowest BCUT2D eigenvalue weighted by atomic mass is 10.2. The smallest absolute Gasteiger partial charge is 0.410 e. The molecule has 6 nitrogen and oxygen atoms in total. The number of aliphatic hydroxyl groups excluding tert-OH is 1. The molecule has 1 aromatic rings. The molecule has 1 aliphatic heterocycles. The Kier molecular flexibility index (Phi) is 3.77. The van der Waals surface area contributed by atoms with E-state index in [9.17, 15) is 9.90 Å². The third-order valence-electron chi connectivity index (χ3n) is 3.21.